The number of aliphatic carboxylic acids is 1. The highest BCUT2D eigenvalue weighted by molar-refractivity contribution is 5.77. The summed E-state index contributed by atoms with van der Waals surface area (Å²) in [5, 5.41) is 32.8. The topological polar surface area (TPSA) is 114 Å². The van der Waals surface area contributed by atoms with E-state index in [1.165, 1.54) is 0 Å². The lowest BCUT2D eigenvalue weighted by atomic mass is 9.73. The van der Waals surface area contributed by atoms with E-state index in [0.29, 0.717) is 37.0 Å². The molecule has 3 aromatic rings. The molecule has 1 aliphatic heterocycles. The highest BCUT2D eigenvalue weighted by atomic mass is 16.5. The van der Waals surface area contributed by atoms with Gasteiger partial charge in [0.15, 0.2) is 0 Å². The number of para-hydroxylation sites is 1. The zero-order chi connectivity index (χ0) is 22.1. The molecule has 2 fully saturated rings. The molecule has 9 heteroatoms. The molecule has 1 aromatic heterocycles. The Morgan fingerprint density at radius 1 is 1.06 bits per heavy atom. The van der Waals surface area contributed by atoms with E-state index >= 15 is 0 Å². The fourth-order valence-electron chi connectivity index (χ4n) is 4.41. The summed E-state index contributed by atoms with van der Waals surface area (Å²) in [5.74, 6) is 1.31. The van der Waals surface area contributed by atoms with Crippen molar-refractivity contribution >= 4 is 11.9 Å². The number of aliphatic hydroxyl groups is 1. The molecule has 9 nitrogen and oxygen atoms in total. The van der Waals surface area contributed by atoms with E-state index in [4.69, 9.17) is 4.74 Å². The number of nitrogens with zero attached hydrogens (tertiary/aromatic N) is 5. The molecule has 1 aliphatic carbocycles. The Hall–Kier alpha value is -3.46. The van der Waals surface area contributed by atoms with Crippen LogP contribution in [-0.2, 0) is 4.79 Å². The summed E-state index contributed by atoms with van der Waals surface area (Å²) in [4.78, 5) is 14.1. The second-order valence-corrected chi connectivity index (χ2v) is 8.63. The molecule has 0 amide bonds. The Morgan fingerprint density at radius 3 is 2.47 bits per heavy atom. The second-order valence-electron chi connectivity index (χ2n) is 8.63. The van der Waals surface area contributed by atoms with E-state index in [9.17, 15) is 15.0 Å². The van der Waals surface area contributed by atoms with Crippen molar-refractivity contribution in [2.24, 2.45) is 11.3 Å². The lowest BCUT2D eigenvalue weighted by Gasteiger charge is -2.43. The van der Waals surface area contributed by atoms with Gasteiger partial charge >= 0.3 is 5.97 Å². The molecule has 2 aliphatic rings. The predicted molar refractivity (Wildman–Crippen MR) is 116 cm³/mol. The second kappa shape index (κ2) is 8.23. The summed E-state index contributed by atoms with van der Waals surface area (Å²) in [6.07, 6.45) is 2.01. The monoisotopic (exact) mass is 435 g/mol. The summed E-state index contributed by atoms with van der Waals surface area (Å²) >= 11 is 0. The van der Waals surface area contributed by atoms with Crippen molar-refractivity contribution in [3.8, 4) is 17.2 Å². The Morgan fingerprint density at radius 2 is 1.78 bits per heavy atom. The first-order valence-electron chi connectivity index (χ1n) is 10.8. The quantitative estimate of drug-likeness (QED) is 0.582. The lowest BCUT2D eigenvalue weighted by Crippen LogP contribution is -2.56. The van der Waals surface area contributed by atoms with Crippen LogP contribution in [0.3, 0.4) is 0 Å². The molecule has 5 rings (SSSR count). The molecule has 0 bridgehead atoms. The summed E-state index contributed by atoms with van der Waals surface area (Å²) in [5.41, 5.74) is -0.469. The number of carboxylic acid groups (broad SMARTS) is 1. The van der Waals surface area contributed by atoms with Crippen LogP contribution in [0.25, 0.3) is 5.69 Å². The van der Waals surface area contributed by atoms with Crippen LogP contribution < -0.4 is 9.64 Å². The number of rotatable bonds is 7. The molecule has 2 atom stereocenters. The zero-order valence-corrected chi connectivity index (χ0v) is 17.5. The molecule has 0 radical (unpaired) electrons. The minimum atomic E-state index is -1.20. The van der Waals surface area contributed by atoms with Crippen LogP contribution in [0.4, 0.5) is 5.95 Å². The van der Waals surface area contributed by atoms with E-state index < -0.39 is 17.5 Å². The lowest BCUT2D eigenvalue weighted by molar-refractivity contribution is -0.158. The third-order valence-corrected chi connectivity index (χ3v) is 6.36. The summed E-state index contributed by atoms with van der Waals surface area (Å²) in [6.45, 7) is 0.659. The summed E-state index contributed by atoms with van der Waals surface area (Å²) in [6, 6.07) is 16.9. The number of benzene rings is 2. The Labute approximate surface area is 185 Å². The molecule has 1 saturated carbocycles. The standard InChI is InChI=1S/C23H25N5O4/c29-20-12-13-27(15-23(20,21(30)31)14-16-6-7-16)22-24-25-26-28(22)17-8-10-19(11-9-17)32-18-4-2-1-3-5-18/h1-5,8-11,16,20,29H,6-7,12-15H2,(H,30,31)/t20?,23-/m0/s1. The number of hydrogen-bond donors (Lipinski definition) is 2. The van der Waals surface area contributed by atoms with Crippen LogP contribution in [0.15, 0.2) is 54.6 Å². The molecular weight excluding hydrogens is 410 g/mol. The minimum Gasteiger partial charge on any atom is -0.481 e. The first-order chi connectivity index (χ1) is 15.5. The number of aromatic nitrogens is 4. The molecule has 1 unspecified atom stereocenters. The fraction of sp³-hybridized carbons (Fsp3) is 0.391. The van der Waals surface area contributed by atoms with Crippen molar-refractivity contribution in [2.45, 2.75) is 31.8 Å². The van der Waals surface area contributed by atoms with E-state index in [-0.39, 0.29) is 6.54 Å². The number of anilines is 1. The first-order valence-corrected chi connectivity index (χ1v) is 10.8. The molecule has 0 spiro atoms. The van der Waals surface area contributed by atoms with Gasteiger partial charge in [-0.3, -0.25) is 4.79 Å². The molecule has 2 heterocycles. The molecule has 32 heavy (non-hydrogen) atoms. The molecular formula is C23H25N5O4. The van der Waals surface area contributed by atoms with Crippen molar-refractivity contribution < 1.29 is 19.7 Å². The van der Waals surface area contributed by atoms with Gasteiger partial charge in [-0.05, 0) is 65.6 Å². The van der Waals surface area contributed by atoms with Gasteiger partial charge < -0.3 is 19.8 Å². The SMILES string of the molecule is O=C(O)[C@@]1(CC2CC2)CN(c2nnnn2-c2ccc(Oc3ccccc3)cc2)CCC1O. The van der Waals surface area contributed by atoms with Crippen LogP contribution in [0.2, 0.25) is 0 Å². The summed E-state index contributed by atoms with van der Waals surface area (Å²) in [7, 11) is 0. The Kier molecular flexibility index (Phi) is 5.26. The smallest absolute Gasteiger partial charge is 0.314 e. The number of carboxylic acids is 1. The van der Waals surface area contributed by atoms with Gasteiger partial charge in [0, 0.05) is 13.1 Å². The number of aliphatic hydroxyl groups excluding tert-OH is 1. The third-order valence-electron chi connectivity index (χ3n) is 6.36. The average molecular weight is 435 g/mol. The van der Waals surface area contributed by atoms with E-state index in [1.807, 2.05) is 59.5 Å². The highest BCUT2D eigenvalue weighted by Gasteiger charge is 2.52. The van der Waals surface area contributed by atoms with Crippen molar-refractivity contribution in [3.05, 3.63) is 54.6 Å². The average Bonchev–Trinajstić information content (AvgIpc) is 3.48. The van der Waals surface area contributed by atoms with Crippen molar-refractivity contribution in [2.75, 3.05) is 18.0 Å². The molecule has 1 saturated heterocycles. The van der Waals surface area contributed by atoms with Crippen LogP contribution in [0.5, 0.6) is 11.5 Å². The number of carbonyl (C=O) groups is 1. The largest absolute Gasteiger partial charge is 0.481 e. The van der Waals surface area contributed by atoms with Gasteiger partial charge in [0.05, 0.1) is 11.8 Å². The maximum Gasteiger partial charge on any atom is 0.314 e. The minimum absolute atomic E-state index is 0.176. The number of piperidine rings is 1. The van der Waals surface area contributed by atoms with E-state index in [2.05, 4.69) is 15.5 Å². The fourth-order valence-corrected chi connectivity index (χ4v) is 4.41. The Balaban J connectivity index is 1.38. The number of ether oxygens (including phenoxy) is 1. The first kappa shape index (κ1) is 20.4. The van der Waals surface area contributed by atoms with Crippen molar-refractivity contribution in [1.29, 1.82) is 0 Å². The molecule has 2 N–H and O–H groups in total. The van der Waals surface area contributed by atoms with Gasteiger partial charge in [0.1, 0.15) is 16.9 Å². The van der Waals surface area contributed by atoms with Crippen LogP contribution in [-0.4, -0.2) is 55.6 Å². The maximum atomic E-state index is 12.2. The Bertz CT molecular complexity index is 1080. The highest BCUT2D eigenvalue weighted by Crippen LogP contribution is 2.45. The van der Waals surface area contributed by atoms with Gasteiger partial charge in [-0.15, -0.1) is 0 Å². The summed E-state index contributed by atoms with van der Waals surface area (Å²) < 4.78 is 7.43. The third kappa shape index (κ3) is 3.91. The van der Waals surface area contributed by atoms with Crippen LogP contribution >= 0.6 is 0 Å². The van der Waals surface area contributed by atoms with E-state index in [0.717, 1.165) is 24.3 Å². The van der Waals surface area contributed by atoms with Crippen LogP contribution in [0.1, 0.15) is 25.7 Å². The normalized spacial score (nSPS) is 23.2. The number of hydrogen-bond acceptors (Lipinski definition) is 7. The van der Waals surface area contributed by atoms with E-state index in [1.54, 1.807) is 4.68 Å². The van der Waals surface area contributed by atoms with Crippen LogP contribution in [0, 0.1) is 11.3 Å². The van der Waals surface area contributed by atoms with Gasteiger partial charge in [-0.2, -0.15) is 4.68 Å². The molecule has 166 valence electrons. The maximum absolute atomic E-state index is 12.2. The predicted octanol–water partition coefficient (Wildman–Crippen LogP) is 2.90. The van der Waals surface area contributed by atoms with Gasteiger partial charge in [0.2, 0.25) is 5.95 Å². The van der Waals surface area contributed by atoms with Gasteiger partial charge in [-0.25, -0.2) is 0 Å². The van der Waals surface area contributed by atoms with Gasteiger partial charge in [-0.1, -0.05) is 36.1 Å². The molecule has 2 aromatic carbocycles. The zero-order valence-electron chi connectivity index (χ0n) is 17.5. The van der Waals surface area contributed by atoms with Crippen molar-refractivity contribution in [3.63, 3.8) is 0 Å². The van der Waals surface area contributed by atoms with Crippen molar-refractivity contribution in [1.82, 2.24) is 20.2 Å². The number of tetrazole rings is 1. The van der Waals surface area contributed by atoms with Gasteiger partial charge in [0.25, 0.3) is 0 Å².